The summed E-state index contributed by atoms with van der Waals surface area (Å²) in [6.07, 6.45) is 3.50. The summed E-state index contributed by atoms with van der Waals surface area (Å²) in [7, 11) is 0. The van der Waals surface area contributed by atoms with E-state index in [1.54, 1.807) is 18.5 Å². The summed E-state index contributed by atoms with van der Waals surface area (Å²) in [6, 6.07) is 4.55. The molecule has 2 N–H and O–H groups in total. The van der Waals surface area contributed by atoms with Crippen molar-refractivity contribution in [1.29, 1.82) is 0 Å². The van der Waals surface area contributed by atoms with E-state index < -0.39 is 0 Å². The third-order valence-corrected chi connectivity index (χ3v) is 3.21. The van der Waals surface area contributed by atoms with Gasteiger partial charge >= 0.3 is 0 Å². The number of benzene rings is 1. The van der Waals surface area contributed by atoms with Crippen molar-refractivity contribution in [2.75, 3.05) is 0 Å². The number of aromatic nitrogens is 2. The van der Waals surface area contributed by atoms with Gasteiger partial charge in [-0.25, -0.2) is 14.4 Å². The lowest BCUT2D eigenvalue weighted by atomic mass is 10.2. The Morgan fingerprint density at radius 3 is 2.65 bits per heavy atom. The van der Waals surface area contributed by atoms with Gasteiger partial charge in [-0.15, -0.1) is 0 Å². The number of rotatable bonds is 3. The Morgan fingerprint density at radius 1 is 1.29 bits per heavy atom. The molecule has 0 spiro atoms. The quantitative estimate of drug-likeness (QED) is 0.849. The van der Waals surface area contributed by atoms with Crippen LogP contribution in [0.5, 0.6) is 0 Å². The molecule has 2 rings (SSSR count). The van der Waals surface area contributed by atoms with Crippen LogP contribution in [0.25, 0.3) is 0 Å². The Bertz CT molecular complexity index is 514. The van der Waals surface area contributed by atoms with Crippen LogP contribution in [-0.2, 0) is 6.54 Å². The number of nitrogens with two attached hydrogens (primary N) is 1. The third-order valence-electron chi connectivity index (χ3n) is 2.20. The number of halogens is 1. The molecular formula is C12H12FN3S. The zero-order valence-corrected chi connectivity index (χ0v) is 10.2. The van der Waals surface area contributed by atoms with Crippen molar-refractivity contribution in [3.05, 3.63) is 47.5 Å². The van der Waals surface area contributed by atoms with Gasteiger partial charge in [0.2, 0.25) is 0 Å². The van der Waals surface area contributed by atoms with Gasteiger partial charge in [0.1, 0.15) is 5.82 Å². The Hall–Kier alpha value is -1.46. The van der Waals surface area contributed by atoms with Gasteiger partial charge in [0.15, 0.2) is 5.16 Å². The lowest BCUT2D eigenvalue weighted by Gasteiger charge is -2.06. The zero-order chi connectivity index (χ0) is 12.3. The smallest absolute Gasteiger partial charge is 0.192 e. The molecule has 1 heterocycles. The van der Waals surface area contributed by atoms with Crippen LogP contribution in [0.4, 0.5) is 4.39 Å². The van der Waals surface area contributed by atoms with Crippen molar-refractivity contribution in [1.82, 2.24) is 9.97 Å². The molecule has 0 radical (unpaired) electrons. The predicted octanol–water partition coefficient (Wildman–Crippen LogP) is 2.53. The highest BCUT2D eigenvalue weighted by molar-refractivity contribution is 7.99. The fourth-order valence-corrected chi connectivity index (χ4v) is 2.16. The van der Waals surface area contributed by atoms with Crippen molar-refractivity contribution < 1.29 is 4.39 Å². The highest BCUT2D eigenvalue weighted by atomic mass is 32.2. The van der Waals surface area contributed by atoms with Crippen molar-refractivity contribution in [2.45, 2.75) is 23.5 Å². The molecule has 17 heavy (non-hydrogen) atoms. The maximum atomic E-state index is 13.0. The van der Waals surface area contributed by atoms with Crippen LogP contribution >= 0.6 is 11.8 Å². The summed E-state index contributed by atoms with van der Waals surface area (Å²) < 4.78 is 13.0. The van der Waals surface area contributed by atoms with Gasteiger partial charge in [-0.1, -0.05) is 0 Å². The molecule has 88 valence electrons. The second-order valence-electron chi connectivity index (χ2n) is 3.60. The summed E-state index contributed by atoms with van der Waals surface area (Å²) in [4.78, 5) is 9.26. The summed E-state index contributed by atoms with van der Waals surface area (Å²) in [6.45, 7) is 2.23. The maximum Gasteiger partial charge on any atom is 0.192 e. The first-order valence-corrected chi connectivity index (χ1v) is 5.95. The summed E-state index contributed by atoms with van der Waals surface area (Å²) >= 11 is 1.39. The average molecular weight is 249 g/mol. The first-order chi connectivity index (χ1) is 8.19. The van der Waals surface area contributed by atoms with E-state index in [1.165, 1.54) is 23.9 Å². The summed E-state index contributed by atoms with van der Waals surface area (Å²) in [5.74, 6) is -0.278. The maximum absolute atomic E-state index is 13.0. The second-order valence-corrected chi connectivity index (χ2v) is 4.61. The largest absolute Gasteiger partial charge is 0.326 e. The molecular weight excluding hydrogens is 237 g/mol. The van der Waals surface area contributed by atoms with E-state index in [0.717, 1.165) is 16.0 Å². The molecule has 0 bridgehead atoms. The molecule has 5 heteroatoms. The third kappa shape index (κ3) is 3.01. The second kappa shape index (κ2) is 5.25. The van der Waals surface area contributed by atoms with Crippen molar-refractivity contribution >= 4 is 11.8 Å². The molecule has 3 nitrogen and oxygen atoms in total. The highest BCUT2D eigenvalue weighted by Gasteiger charge is 2.06. The fourth-order valence-electron chi connectivity index (χ4n) is 1.34. The molecule has 0 aliphatic heterocycles. The van der Waals surface area contributed by atoms with Crippen molar-refractivity contribution in [2.24, 2.45) is 5.73 Å². The van der Waals surface area contributed by atoms with Crippen LogP contribution in [-0.4, -0.2) is 9.97 Å². The minimum atomic E-state index is -0.278. The zero-order valence-electron chi connectivity index (χ0n) is 9.35. The molecule has 0 unspecified atom stereocenters. The van der Waals surface area contributed by atoms with Gasteiger partial charge in [-0.3, -0.25) is 0 Å². The Kier molecular flexibility index (Phi) is 3.71. The normalized spacial score (nSPS) is 10.5. The highest BCUT2D eigenvalue weighted by Crippen LogP contribution is 2.28. The average Bonchev–Trinajstić information content (AvgIpc) is 2.34. The van der Waals surface area contributed by atoms with Crippen LogP contribution in [0.2, 0.25) is 0 Å². The topological polar surface area (TPSA) is 51.8 Å². The van der Waals surface area contributed by atoms with Gasteiger partial charge in [0, 0.05) is 23.8 Å². The molecule has 0 saturated heterocycles. The van der Waals surface area contributed by atoms with E-state index in [0.29, 0.717) is 11.7 Å². The number of hydrogen-bond acceptors (Lipinski definition) is 4. The minimum Gasteiger partial charge on any atom is -0.326 e. The first kappa shape index (κ1) is 12.0. The fraction of sp³-hybridized carbons (Fsp3) is 0.167. The van der Waals surface area contributed by atoms with Crippen LogP contribution in [0.15, 0.2) is 40.6 Å². The molecule has 0 aliphatic rings. The van der Waals surface area contributed by atoms with Crippen molar-refractivity contribution in [3.8, 4) is 0 Å². The Balaban J connectivity index is 2.26. The molecule has 0 amide bonds. The van der Waals surface area contributed by atoms with E-state index in [2.05, 4.69) is 9.97 Å². The molecule has 0 aliphatic carbocycles. The Labute approximate surface area is 103 Å². The molecule has 0 fully saturated rings. The lowest BCUT2D eigenvalue weighted by Crippen LogP contribution is -1.99. The van der Waals surface area contributed by atoms with Gasteiger partial charge in [0.25, 0.3) is 0 Å². The standard InChI is InChI=1S/C12H12FN3S/c1-8-6-15-12(16-7-8)17-11-3-2-10(13)4-9(11)5-14/h2-4,6-7H,5,14H2,1H3. The SMILES string of the molecule is Cc1cnc(Sc2ccc(F)cc2CN)nc1. The van der Waals surface area contributed by atoms with E-state index >= 15 is 0 Å². The van der Waals surface area contributed by atoms with E-state index in [9.17, 15) is 4.39 Å². The number of hydrogen-bond donors (Lipinski definition) is 1. The Morgan fingerprint density at radius 2 is 2.00 bits per heavy atom. The summed E-state index contributed by atoms with van der Waals surface area (Å²) in [5, 5.41) is 0.636. The number of nitrogens with zero attached hydrogens (tertiary/aromatic N) is 2. The van der Waals surface area contributed by atoms with Crippen LogP contribution in [0, 0.1) is 12.7 Å². The van der Waals surface area contributed by atoms with E-state index in [1.807, 2.05) is 6.92 Å². The lowest BCUT2D eigenvalue weighted by molar-refractivity contribution is 0.623. The van der Waals surface area contributed by atoms with Crippen LogP contribution in [0.1, 0.15) is 11.1 Å². The van der Waals surface area contributed by atoms with Gasteiger partial charge < -0.3 is 5.73 Å². The monoisotopic (exact) mass is 249 g/mol. The van der Waals surface area contributed by atoms with Gasteiger partial charge in [-0.2, -0.15) is 0 Å². The molecule has 1 aromatic carbocycles. The molecule has 0 saturated carbocycles. The van der Waals surface area contributed by atoms with Crippen LogP contribution in [0.3, 0.4) is 0 Å². The minimum absolute atomic E-state index is 0.278. The number of aryl methyl sites for hydroxylation is 1. The van der Waals surface area contributed by atoms with Gasteiger partial charge in [-0.05, 0) is 48.0 Å². The van der Waals surface area contributed by atoms with E-state index in [-0.39, 0.29) is 5.82 Å². The molecule has 2 aromatic rings. The molecule has 0 atom stereocenters. The van der Waals surface area contributed by atoms with Gasteiger partial charge in [0.05, 0.1) is 0 Å². The summed E-state index contributed by atoms with van der Waals surface area (Å²) in [5.41, 5.74) is 7.35. The van der Waals surface area contributed by atoms with Crippen molar-refractivity contribution in [3.63, 3.8) is 0 Å². The molecule has 1 aromatic heterocycles. The van der Waals surface area contributed by atoms with Crippen LogP contribution < -0.4 is 5.73 Å². The predicted molar refractivity (Wildman–Crippen MR) is 65.2 cm³/mol. The first-order valence-electron chi connectivity index (χ1n) is 5.14. The van der Waals surface area contributed by atoms with E-state index in [4.69, 9.17) is 5.73 Å².